The number of benzene rings is 7. The highest BCUT2D eigenvalue weighted by Crippen LogP contribution is 2.49. The van der Waals surface area contributed by atoms with Gasteiger partial charge in [-0.05, 0) is 41.8 Å². The van der Waals surface area contributed by atoms with E-state index in [1.807, 2.05) is 30.4 Å². The van der Waals surface area contributed by atoms with E-state index in [0.717, 1.165) is 90.0 Å². The molecule has 0 amide bonds. The summed E-state index contributed by atoms with van der Waals surface area (Å²) in [5.41, 5.74) is 15.5. The molecule has 0 saturated carbocycles. The molecule has 0 bridgehead atoms. The number of anilines is 6. The number of nitrogens with one attached hydrogen (secondary N) is 3. The van der Waals surface area contributed by atoms with E-state index >= 15 is 0 Å². The van der Waals surface area contributed by atoms with Crippen LogP contribution in [0.2, 0.25) is 0 Å². The number of para-hydroxylation sites is 3. The molecule has 3 N–H and O–H groups in total. The van der Waals surface area contributed by atoms with Crippen LogP contribution in [0.5, 0.6) is 0 Å². The maximum Gasteiger partial charge on any atom is 0.0967 e. The van der Waals surface area contributed by atoms with E-state index in [2.05, 4.69) is 211 Å². The third-order valence-electron chi connectivity index (χ3n) is 10.0. The van der Waals surface area contributed by atoms with Crippen molar-refractivity contribution in [1.82, 2.24) is 4.98 Å². The van der Waals surface area contributed by atoms with Crippen LogP contribution in [0.3, 0.4) is 0 Å². The minimum absolute atomic E-state index is 0.809. The second kappa shape index (κ2) is 17.8. The van der Waals surface area contributed by atoms with E-state index in [1.54, 1.807) is 6.08 Å². The van der Waals surface area contributed by atoms with Gasteiger partial charge in [-0.25, -0.2) is 4.98 Å². The molecule has 0 fully saturated rings. The van der Waals surface area contributed by atoms with Crippen LogP contribution < -0.4 is 16.0 Å². The molecule has 8 aromatic rings. The van der Waals surface area contributed by atoms with Crippen LogP contribution in [0.1, 0.15) is 12.5 Å². The van der Waals surface area contributed by atoms with Gasteiger partial charge < -0.3 is 16.0 Å². The van der Waals surface area contributed by atoms with Crippen molar-refractivity contribution in [3.05, 3.63) is 231 Å². The minimum Gasteiger partial charge on any atom is -0.351 e. The maximum absolute atomic E-state index is 5.62. The number of hydrogen-bond acceptors (Lipinski definition) is 4. The highest BCUT2D eigenvalue weighted by molar-refractivity contribution is 6.04. The van der Waals surface area contributed by atoms with Crippen LogP contribution in [0.25, 0.3) is 50.3 Å². The van der Waals surface area contributed by atoms with E-state index in [-0.39, 0.29) is 0 Å². The quantitative estimate of drug-likeness (QED) is 0.103. The third kappa shape index (κ3) is 8.28. The van der Waals surface area contributed by atoms with Crippen LogP contribution >= 0.6 is 0 Å². The molecule has 0 radical (unpaired) electrons. The number of hydrogen-bond donors (Lipinski definition) is 3. The van der Waals surface area contributed by atoms with Gasteiger partial charge in [0.1, 0.15) is 0 Å². The molecular formula is C54H44N4. The first-order valence-electron chi connectivity index (χ1n) is 19.5. The Morgan fingerprint density at radius 2 is 0.793 bits per heavy atom. The Hall–Kier alpha value is -7.69. The van der Waals surface area contributed by atoms with Crippen LogP contribution in [0.4, 0.5) is 34.1 Å². The monoisotopic (exact) mass is 748 g/mol. The van der Waals surface area contributed by atoms with Gasteiger partial charge in [-0.2, -0.15) is 0 Å². The molecule has 0 aliphatic heterocycles. The van der Waals surface area contributed by atoms with Gasteiger partial charge in [0.05, 0.1) is 28.5 Å². The van der Waals surface area contributed by atoms with Gasteiger partial charge in [-0.3, -0.25) is 0 Å². The van der Waals surface area contributed by atoms with Crippen molar-refractivity contribution in [3.63, 3.8) is 0 Å². The molecule has 0 spiro atoms. The van der Waals surface area contributed by atoms with Crippen LogP contribution in [-0.2, 0) is 0 Å². The average Bonchev–Trinajstić information content (AvgIpc) is 3.29. The molecule has 4 heteroatoms. The minimum atomic E-state index is 0.809. The molecule has 0 saturated heterocycles. The molecule has 0 atom stereocenters. The summed E-state index contributed by atoms with van der Waals surface area (Å²) in [7, 11) is 0. The SMILES string of the molecule is C=C/C=C\C=C(/C)c1ccccc1Nc1c(-c2ccccc2)nc(-c2ccccc2)c(Nc2ccccc2-c2ccccc2)c1Nc1ccccc1-c1ccccc1. The lowest BCUT2D eigenvalue weighted by Gasteiger charge is -2.26. The van der Waals surface area contributed by atoms with Crippen molar-refractivity contribution in [1.29, 1.82) is 0 Å². The van der Waals surface area contributed by atoms with Gasteiger partial charge in [-0.15, -0.1) is 0 Å². The number of pyridine rings is 1. The maximum atomic E-state index is 5.62. The van der Waals surface area contributed by atoms with Crippen LogP contribution in [0.15, 0.2) is 225 Å². The molecule has 1 aromatic heterocycles. The van der Waals surface area contributed by atoms with Crippen molar-refractivity contribution in [2.45, 2.75) is 6.92 Å². The molecule has 8 rings (SSSR count). The summed E-state index contributed by atoms with van der Waals surface area (Å²) >= 11 is 0. The van der Waals surface area contributed by atoms with Crippen molar-refractivity contribution in [2.24, 2.45) is 0 Å². The summed E-state index contributed by atoms with van der Waals surface area (Å²) in [5, 5.41) is 11.9. The molecular weight excluding hydrogens is 705 g/mol. The number of nitrogens with zero attached hydrogens (tertiary/aromatic N) is 1. The first-order valence-corrected chi connectivity index (χ1v) is 19.5. The highest BCUT2D eigenvalue weighted by Gasteiger charge is 2.25. The van der Waals surface area contributed by atoms with E-state index in [4.69, 9.17) is 4.98 Å². The standard InChI is InChI=1S/C54H44N4/c1-3-4-9-24-39(2)44-33-18-21-36-47(44)55-52-50(42-29-14-7-15-30-42)58-51(43-31-16-8-17-32-43)53(56-48-37-22-19-34-45(48)40-25-10-5-11-26-40)54(52)57-49-38-23-20-35-46(49)41-27-12-6-13-28-41/h3-38,55-56H,1H2,2H3,(H,57,58)/b9-4-,39-24+. The smallest absolute Gasteiger partial charge is 0.0967 e. The van der Waals surface area contributed by atoms with E-state index in [9.17, 15) is 0 Å². The van der Waals surface area contributed by atoms with E-state index < -0.39 is 0 Å². The van der Waals surface area contributed by atoms with Gasteiger partial charge in [0.2, 0.25) is 0 Å². The summed E-state index contributed by atoms with van der Waals surface area (Å²) in [6, 6.07) is 67.2. The van der Waals surface area contributed by atoms with Gasteiger partial charge >= 0.3 is 0 Å². The molecule has 7 aromatic carbocycles. The zero-order valence-electron chi connectivity index (χ0n) is 32.4. The highest BCUT2D eigenvalue weighted by atomic mass is 15.0. The fraction of sp³-hybridized carbons (Fsp3) is 0.0185. The molecule has 0 aliphatic rings. The molecule has 4 nitrogen and oxygen atoms in total. The average molecular weight is 749 g/mol. The Labute approximate surface area is 341 Å². The largest absolute Gasteiger partial charge is 0.351 e. The number of aromatic nitrogens is 1. The first kappa shape index (κ1) is 37.2. The van der Waals surface area contributed by atoms with Crippen molar-refractivity contribution in [3.8, 4) is 44.8 Å². The fourth-order valence-electron chi connectivity index (χ4n) is 7.19. The van der Waals surface area contributed by atoms with E-state index in [1.165, 1.54) is 0 Å². The second-order valence-corrected chi connectivity index (χ2v) is 13.9. The second-order valence-electron chi connectivity index (χ2n) is 13.9. The van der Waals surface area contributed by atoms with Crippen molar-refractivity contribution < 1.29 is 0 Å². The van der Waals surface area contributed by atoms with Crippen LogP contribution in [-0.4, -0.2) is 4.98 Å². The van der Waals surface area contributed by atoms with Crippen molar-refractivity contribution >= 4 is 39.7 Å². The summed E-state index contributed by atoms with van der Waals surface area (Å²) in [4.78, 5) is 5.62. The fourth-order valence-corrected chi connectivity index (χ4v) is 7.19. The molecule has 58 heavy (non-hydrogen) atoms. The Bertz CT molecular complexity index is 2700. The predicted octanol–water partition coefficient (Wildman–Crippen LogP) is 15.1. The first-order chi connectivity index (χ1) is 28.7. The topological polar surface area (TPSA) is 49.0 Å². The van der Waals surface area contributed by atoms with Gasteiger partial charge in [0.25, 0.3) is 0 Å². The lowest BCUT2D eigenvalue weighted by atomic mass is 9.99. The zero-order valence-corrected chi connectivity index (χ0v) is 32.4. The van der Waals surface area contributed by atoms with Crippen LogP contribution in [0, 0.1) is 0 Å². The lowest BCUT2D eigenvalue weighted by molar-refractivity contribution is 1.30. The van der Waals surface area contributed by atoms with Gasteiger partial charge in [0.15, 0.2) is 0 Å². The molecule has 1 heterocycles. The number of rotatable bonds is 13. The molecule has 0 unspecified atom stereocenters. The van der Waals surface area contributed by atoms with Gasteiger partial charge in [0, 0.05) is 44.9 Å². The Kier molecular flexibility index (Phi) is 11.5. The van der Waals surface area contributed by atoms with Gasteiger partial charge in [-0.1, -0.05) is 207 Å². The van der Waals surface area contributed by atoms with Crippen molar-refractivity contribution in [2.75, 3.05) is 16.0 Å². The lowest BCUT2D eigenvalue weighted by Crippen LogP contribution is -2.09. The summed E-state index contributed by atoms with van der Waals surface area (Å²) < 4.78 is 0. The predicted molar refractivity (Wildman–Crippen MR) is 248 cm³/mol. The zero-order chi connectivity index (χ0) is 39.5. The summed E-state index contributed by atoms with van der Waals surface area (Å²) in [6.45, 7) is 5.98. The Morgan fingerprint density at radius 1 is 0.414 bits per heavy atom. The Balaban J connectivity index is 1.45. The summed E-state index contributed by atoms with van der Waals surface area (Å²) in [5.74, 6) is 0. The summed E-state index contributed by atoms with van der Waals surface area (Å²) in [6.07, 6.45) is 7.86. The third-order valence-corrected chi connectivity index (χ3v) is 10.0. The molecule has 0 aliphatic carbocycles. The number of allylic oxidation sites excluding steroid dienone is 5. The Morgan fingerprint density at radius 3 is 1.28 bits per heavy atom. The normalized spacial score (nSPS) is 11.3. The van der Waals surface area contributed by atoms with E-state index in [0.29, 0.717) is 0 Å². The molecule has 280 valence electrons.